The molecule has 1 rings (SSSR count). The van der Waals surface area contributed by atoms with E-state index >= 15 is 0 Å². The summed E-state index contributed by atoms with van der Waals surface area (Å²) in [5, 5.41) is 17.6. The predicted octanol–water partition coefficient (Wildman–Crippen LogP) is -0.979. The number of nitrogens with zero attached hydrogens (tertiary/aromatic N) is 3. The van der Waals surface area contributed by atoms with Crippen molar-refractivity contribution in [1.82, 2.24) is 25.4 Å². The van der Waals surface area contributed by atoms with E-state index in [2.05, 4.69) is 25.5 Å². The van der Waals surface area contributed by atoms with Crippen molar-refractivity contribution in [3.05, 3.63) is 12.2 Å². The zero-order chi connectivity index (χ0) is 15.8. The maximum atomic E-state index is 11.6. The Kier molecular flexibility index (Phi) is 6.11. The number of urea groups is 1. The van der Waals surface area contributed by atoms with Crippen LogP contribution < -0.4 is 10.6 Å². The van der Waals surface area contributed by atoms with E-state index in [-0.39, 0.29) is 19.4 Å². The van der Waals surface area contributed by atoms with Gasteiger partial charge in [-0.25, -0.2) is 14.6 Å². The molecule has 3 N–H and O–H groups in total. The van der Waals surface area contributed by atoms with Gasteiger partial charge in [0.1, 0.15) is 12.4 Å². The average molecular weight is 299 g/mol. The zero-order valence-electron chi connectivity index (χ0n) is 11.7. The number of hydrogen-bond donors (Lipinski definition) is 3. The van der Waals surface area contributed by atoms with Crippen molar-refractivity contribution in [3.63, 3.8) is 0 Å². The molecule has 0 unspecified atom stereocenters. The fourth-order valence-corrected chi connectivity index (χ4v) is 1.46. The van der Waals surface area contributed by atoms with Crippen LogP contribution in [0.25, 0.3) is 0 Å². The van der Waals surface area contributed by atoms with E-state index in [4.69, 9.17) is 5.11 Å². The first-order valence-electron chi connectivity index (χ1n) is 6.11. The number of methoxy groups -OCH3 is 1. The maximum Gasteiger partial charge on any atom is 0.326 e. The molecule has 1 atom stereocenters. The van der Waals surface area contributed by atoms with Gasteiger partial charge >= 0.3 is 18.0 Å². The standard InChI is InChI=1S/C11H17N5O5/c1-16-6-13-8(15-16)5-12-11(20)14-7(10(18)19)3-4-9(17)21-2/h6-7H,3-5H2,1-2H3,(H,18,19)(H2,12,14,20)/t7-/m0/s1. The van der Waals surface area contributed by atoms with Crippen LogP contribution in [0.2, 0.25) is 0 Å². The van der Waals surface area contributed by atoms with Crippen molar-refractivity contribution in [2.24, 2.45) is 7.05 Å². The molecule has 10 heteroatoms. The van der Waals surface area contributed by atoms with E-state index < -0.39 is 24.0 Å². The molecule has 0 radical (unpaired) electrons. The number of amides is 2. The summed E-state index contributed by atoms with van der Waals surface area (Å²) in [5.41, 5.74) is 0. The van der Waals surface area contributed by atoms with E-state index in [1.165, 1.54) is 18.1 Å². The van der Waals surface area contributed by atoms with Crippen LogP contribution in [0.5, 0.6) is 0 Å². The summed E-state index contributed by atoms with van der Waals surface area (Å²) in [6, 6.07) is -1.86. The molecule has 116 valence electrons. The molecule has 21 heavy (non-hydrogen) atoms. The Balaban J connectivity index is 2.41. The van der Waals surface area contributed by atoms with Gasteiger partial charge in [0.15, 0.2) is 5.82 Å². The lowest BCUT2D eigenvalue weighted by atomic mass is 10.1. The molecule has 1 aromatic heterocycles. The summed E-state index contributed by atoms with van der Waals surface area (Å²) < 4.78 is 5.89. The number of hydrogen-bond acceptors (Lipinski definition) is 6. The van der Waals surface area contributed by atoms with Crippen LogP contribution in [0.1, 0.15) is 18.7 Å². The molecular formula is C11H17N5O5. The van der Waals surface area contributed by atoms with Crippen molar-refractivity contribution < 1.29 is 24.2 Å². The molecular weight excluding hydrogens is 282 g/mol. The van der Waals surface area contributed by atoms with Crippen LogP contribution in [0.4, 0.5) is 4.79 Å². The van der Waals surface area contributed by atoms with Crippen molar-refractivity contribution >= 4 is 18.0 Å². The second-order valence-corrected chi connectivity index (χ2v) is 4.17. The van der Waals surface area contributed by atoms with Crippen molar-refractivity contribution in [2.45, 2.75) is 25.4 Å². The summed E-state index contributed by atoms with van der Waals surface area (Å²) in [5.74, 6) is -1.37. The van der Waals surface area contributed by atoms with Crippen LogP contribution in [-0.4, -0.2) is 51.0 Å². The third-order valence-electron chi connectivity index (χ3n) is 2.52. The van der Waals surface area contributed by atoms with Crippen LogP contribution in [0.3, 0.4) is 0 Å². The normalized spacial score (nSPS) is 11.5. The monoisotopic (exact) mass is 299 g/mol. The summed E-state index contributed by atoms with van der Waals surface area (Å²) >= 11 is 0. The molecule has 0 saturated carbocycles. The highest BCUT2D eigenvalue weighted by Crippen LogP contribution is 1.99. The highest BCUT2D eigenvalue weighted by atomic mass is 16.5. The predicted molar refractivity (Wildman–Crippen MR) is 69.0 cm³/mol. The Morgan fingerprint density at radius 3 is 2.71 bits per heavy atom. The summed E-state index contributed by atoms with van der Waals surface area (Å²) in [6.07, 6.45) is 1.32. The van der Waals surface area contributed by atoms with Crippen LogP contribution in [-0.2, 0) is 27.9 Å². The van der Waals surface area contributed by atoms with E-state index in [9.17, 15) is 14.4 Å². The molecule has 0 aliphatic heterocycles. The molecule has 0 aromatic carbocycles. The third kappa shape index (κ3) is 5.89. The Morgan fingerprint density at radius 1 is 1.48 bits per heavy atom. The van der Waals surface area contributed by atoms with Gasteiger partial charge in [-0.3, -0.25) is 9.48 Å². The summed E-state index contributed by atoms with van der Waals surface area (Å²) in [6.45, 7) is 0.0655. The first-order chi connectivity index (χ1) is 9.92. The van der Waals surface area contributed by atoms with Crippen LogP contribution in [0, 0.1) is 0 Å². The Morgan fingerprint density at radius 2 is 2.19 bits per heavy atom. The maximum absolute atomic E-state index is 11.6. The molecule has 0 spiro atoms. The lowest BCUT2D eigenvalue weighted by molar-refractivity contribution is -0.142. The number of aromatic nitrogens is 3. The molecule has 1 heterocycles. The highest BCUT2D eigenvalue weighted by Gasteiger charge is 2.21. The van der Waals surface area contributed by atoms with E-state index in [0.29, 0.717) is 5.82 Å². The number of aryl methyl sites for hydroxylation is 1. The molecule has 1 aromatic rings. The number of aliphatic carboxylic acids is 1. The highest BCUT2D eigenvalue weighted by molar-refractivity contribution is 5.83. The third-order valence-corrected chi connectivity index (χ3v) is 2.52. The average Bonchev–Trinajstić information content (AvgIpc) is 2.86. The van der Waals surface area contributed by atoms with Gasteiger partial charge < -0.3 is 20.5 Å². The van der Waals surface area contributed by atoms with Gasteiger partial charge in [0.05, 0.1) is 13.7 Å². The second kappa shape index (κ2) is 7.82. The minimum Gasteiger partial charge on any atom is -0.480 e. The smallest absolute Gasteiger partial charge is 0.326 e. The number of rotatable bonds is 7. The lowest BCUT2D eigenvalue weighted by Crippen LogP contribution is -2.46. The van der Waals surface area contributed by atoms with Gasteiger partial charge in [-0.2, -0.15) is 5.10 Å². The topological polar surface area (TPSA) is 135 Å². The number of ether oxygens (including phenoxy) is 1. The lowest BCUT2D eigenvalue weighted by Gasteiger charge is -2.14. The summed E-state index contributed by atoms with van der Waals surface area (Å²) in [4.78, 5) is 37.5. The minimum atomic E-state index is -1.23. The summed E-state index contributed by atoms with van der Waals surface area (Å²) in [7, 11) is 2.89. The van der Waals surface area contributed by atoms with Gasteiger partial charge in [-0.15, -0.1) is 0 Å². The van der Waals surface area contributed by atoms with Gasteiger partial charge in [0, 0.05) is 13.5 Å². The van der Waals surface area contributed by atoms with Gasteiger partial charge in [0.2, 0.25) is 0 Å². The molecule has 0 fully saturated rings. The molecule has 0 bridgehead atoms. The van der Waals surface area contributed by atoms with Gasteiger partial charge in [-0.1, -0.05) is 0 Å². The van der Waals surface area contributed by atoms with Gasteiger partial charge in [0.25, 0.3) is 0 Å². The zero-order valence-corrected chi connectivity index (χ0v) is 11.7. The Hall–Kier alpha value is -2.65. The molecule has 2 amide bonds. The fraction of sp³-hybridized carbons (Fsp3) is 0.545. The minimum absolute atomic E-state index is 0.0583. The van der Waals surface area contributed by atoms with E-state index in [1.807, 2.05) is 0 Å². The van der Waals surface area contributed by atoms with Crippen LogP contribution >= 0.6 is 0 Å². The van der Waals surface area contributed by atoms with Crippen molar-refractivity contribution in [1.29, 1.82) is 0 Å². The van der Waals surface area contributed by atoms with Crippen molar-refractivity contribution in [2.75, 3.05) is 7.11 Å². The quantitative estimate of drug-likeness (QED) is 0.550. The number of carboxylic acid groups (broad SMARTS) is 1. The number of nitrogens with one attached hydrogen (secondary N) is 2. The van der Waals surface area contributed by atoms with Crippen molar-refractivity contribution in [3.8, 4) is 0 Å². The van der Waals surface area contributed by atoms with E-state index in [1.54, 1.807) is 7.05 Å². The Labute approximate surface area is 120 Å². The van der Waals surface area contributed by atoms with Gasteiger partial charge in [-0.05, 0) is 6.42 Å². The van der Waals surface area contributed by atoms with E-state index in [0.717, 1.165) is 0 Å². The molecule has 0 saturated heterocycles. The Bertz CT molecular complexity index is 515. The SMILES string of the molecule is COC(=O)CC[C@H](NC(=O)NCc1ncn(C)n1)C(=O)O. The molecule has 10 nitrogen and oxygen atoms in total. The molecule has 0 aliphatic rings. The number of carbonyl (C=O) groups is 3. The fourth-order valence-electron chi connectivity index (χ4n) is 1.46. The number of carboxylic acids is 1. The number of esters is 1. The first kappa shape index (κ1) is 16.4. The first-order valence-corrected chi connectivity index (χ1v) is 6.11. The number of carbonyl (C=O) groups excluding carboxylic acids is 2. The van der Waals surface area contributed by atoms with Crippen LogP contribution in [0.15, 0.2) is 6.33 Å². The largest absolute Gasteiger partial charge is 0.480 e. The molecule has 0 aliphatic carbocycles. The second-order valence-electron chi connectivity index (χ2n) is 4.17.